The summed E-state index contributed by atoms with van der Waals surface area (Å²) >= 11 is 0. The molecule has 0 aliphatic heterocycles. The molecule has 3 N–H and O–H groups in total. The molecular weight excluding hydrogens is 324 g/mol. The molecule has 0 saturated carbocycles. The van der Waals surface area contributed by atoms with Gasteiger partial charge in [-0.3, -0.25) is 0 Å². The van der Waals surface area contributed by atoms with Gasteiger partial charge in [-0.1, -0.05) is 74.8 Å². The molecule has 0 aromatic carbocycles. The van der Waals surface area contributed by atoms with Crippen molar-refractivity contribution in [2.24, 2.45) is 0 Å². The summed E-state index contributed by atoms with van der Waals surface area (Å²) in [5.41, 5.74) is 0. The molecule has 2 unspecified atom stereocenters. The highest BCUT2D eigenvalue weighted by Crippen LogP contribution is 2.07. The molecule has 0 aliphatic rings. The summed E-state index contributed by atoms with van der Waals surface area (Å²) in [7, 11) is 0. The zero-order valence-corrected chi connectivity index (χ0v) is 16.6. The van der Waals surface area contributed by atoms with Crippen LogP contribution in [0.5, 0.6) is 0 Å². The number of rotatable bonds is 17. The van der Waals surface area contributed by atoms with Crippen LogP contribution in [0.1, 0.15) is 77.6 Å². The van der Waals surface area contributed by atoms with Crippen LogP contribution in [-0.2, 0) is 0 Å². The third-order valence-electron chi connectivity index (χ3n) is 4.21. The van der Waals surface area contributed by atoms with E-state index in [2.05, 4.69) is 55.5 Å². The smallest absolute Gasteiger partial charge is 0.103 e. The van der Waals surface area contributed by atoms with Crippen LogP contribution in [0.4, 0.5) is 0 Å². The van der Waals surface area contributed by atoms with Crippen LogP contribution in [0.15, 0.2) is 48.6 Å². The molecule has 0 rings (SSSR count). The molecular formula is C23H40O3. The van der Waals surface area contributed by atoms with E-state index in [1.165, 1.54) is 25.7 Å². The van der Waals surface area contributed by atoms with Gasteiger partial charge in [0.2, 0.25) is 0 Å². The lowest BCUT2D eigenvalue weighted by atomic mass is 10.1. The first-order chi connectivity index (χ1) is 12.7. The quantitative estimate of drug-likeness (QED) is 0.244. The van der Waals surface area contributed by atoms with Gasteiger partial charge < -0.3 is 15.3 Å². The topological polar surface area (TPSA) is 60.7 Å². The van der Waals surface area contributed by atoms with E-state index in [-0.39, 0.29) is 6.61 Å². The lowest BCUT2D eigenvalue weighted by Gasteiger charge is -2.14. The van der Waals surface area contributed by atoms with E-state index in [1.54, 1.807) is 0 Å². The number of hydrogen-bond acceptors (Lipinski definition) is 3. The predicted molar refractivity (Wildman–Crippen MR) is 112 cm³/mol. The molecule has 0 saturated heterocycles. The van der Waals surface area contributed by atoms with Gasteiger partial charge >= 0.3 is 0 Å². The molecule has 0 radical (unpaired) electrons. The van der Waals surface area contributed by atoms with Gasteiger partial charge in [-0.2, -0.15) is 0 Å². The molecule has 150 valence electrons. The van der Waals surface area contributed by atoms with Crippen LogP contribution in [0.3, 0.4) is 0 Å². The van der Waals surface area contributed by atoms with Gasteiger partial charge in [0, 0.05) is 0 Å². The molecule has 0 fully saturated rings. The monoisotopic (exact) mass is 364 g/mol. The second kappa shape index (κ2) is 20.2. The Kier molecular flexibility index (Phi) is 19.3. The van der Waals surface area contributed by atoms with E-state index in [0.717, 1.165) is 38.5 Å². The zero-order valence-electron chi connectivity index (χ0n) is 16.6. The SMILES string of the molecule is CCCCCC=CCC=CCC=CCC=CCCCCC(O)C(O)CO. The minimum atomic E-state index is -1.01. The number of aliphatic hydroxyl groups is 3. The highest BCUT2D eigenvalue weighted by Gasteiger charge is 2.13. The van der Waals surface area contributed by atoms with Crippen molar-refractivity contribution in [2.75, 3.05) is 6.61 Å². The van der Waals surface area contributed by atoms with E-state index < -0.39 is 12.2 Å². The highest BCUT2D eigenvalue weighted by molar-refractivity contribution is 4.99. The van der Waals surface area contributed by atoms with E-state index in [1.807, 2.05) is 0 Å². The van der Waals surface area contributed by atoms with E-state index in [4.69, 9.17) is 5.11 Å². The van der Waals surface area contributed by atoms with E-state index in [9.17, 15) is 10.2 Å². The van der Waals surface area contributed by atoms with Crippen molar-refractivity contribution < 1.29 is 15.3 Å². The second-order valence-corrected chi connectivity index (χ2v) is 6.69. The molecule has 0 aromatic rings. The second-order valence-electron chi connectivity index (χ2n) is 6.69. The fraction of sp³-hybridized carbons (Fsp3) is 0.652. The molecule has 0 aliphatic carbocycles. The summed E-state index contributed by atoms with van der Waals surface area (Å²) in [5.74, 6) is 0. The lowest BCUT2D eigenvalue weighted by molar-refractivity contribution is -0.0184. The first kappa shape index (κ1) is 24.8. The minimum Gasteiger partial charge on any atom is -0.394 e. The van der Waals surface area contributed by atoms with Gasteiger partial charge in [0.15, 0.2) is 0 Å². The largest absolute Gasteiger partial charge is 0.394 e. The Hall–Kier alpha value is -1.16. The maximum atomic E-state index is 9.51. The molecule has 3 nitrogen and oxygen atoms in total. The molecule has 0 spiro atoms. The molecule has 0 bridgehead atoms. The van der Waals surface area contributed by atoms with Crippen molar-refractivity contribution >= 4 is 0 Å². The summed E-state index contributed by atoms with van der Waals surface area (Å²) < 4.78 is 0. The molecule has 0 heterocycles. The van der Waals surface area contributed by atoms with Gasteiger partial charge in [0.25, 0.3) is 0 Å². The van der Waals surface area contributed by atoms with Crippen molar-refractivity contribution in [3.8, 4) is 0 Å². The van der Waals surface area contributed by atoms with E-state index in [0.29, 0.717) is 6.42 Å². The average molecular weight is 365 g/mol. The van der Waals surface area contributed by atoms with Crippen LogP contribution in [0.25, 0.3) is 0 Å². The van der Waals surface area contributed by atoms with Crippen molar-refractivity contribution in [3.05, 3.63) is 48.6 Å². The van der Waals surface area contributed by atoms with Crippen LogP contribution < -0.4 is 0 Å². The maximum absolute atomic E-state index is 9.51. The summed E-state index contributed by atoms with van der Waals surface area (Å²) in [4.78, 5) is 0. The zero-order chi connectivity index (χ0) is 19.3. The number of allylic oxidation sites excluding steroid dienone is 8. The standard InChI is InChI=1S/C23H40O3/c1-2-3-4-5-6-7-8-9-10-11-12-13-14-15-16-17-18-19-20-22(25)23(26)21-24/h6-7,9-10,12-13,15-16,22-26H,2-5,8,11,14,17-21H2,1H3. The average Bonchev–Trinajstić information content (AvgIpc) is 2.66. The van der Waals surface area contributed by atoms with Crippen molar-refractivity contribution in [1.82, 2.24) is 0 Å². The molecule has 0 amide bonds. The Morgan fingerprint density at radius 1 is 0.615 bits per heavy atom. The summed E-state index contributed by atoms with van der Waals surface area (Å²) in [6, 6.07) is 0. The van der Waals surface area contributed by atoms with E-state index >= 15 is 0 Å². The Morgan fingerprint density at radius 2 is 1.08 bits per heavy atom. The normalized spacial score (nSPS) is 15.1. The number of hydrogen-bond donors (Lipinski definition) is 3. The van der Waals surface area contributed by atoms with Gasteiger partial charge in [0.1, 0.15) is 6.10 Å². The number of unbranched alkanes of at least 4 members (excludes halogenated alkanes) is 5. The van der Waals surface area contributed by atoms with Crippen molar-refractivity contribution in [1.29, 1.82) is 0 Å². The van der Waals surface area contributed by atoms with Crippen LogP contribution in [-0.4, -0.2) is 34.1 Å². The van der Waals surface area contributed by atoms with Crippen LogP contribution in [0.2, 0.25) is 0 Å². The van der Waals surface area contributed by atoms with Crippen molar-refractivity contribution in [3.63, 3.8) is 0 Å². The van der Waals surface area contributed by atoms with Crippen LogP contribution in [0, 0.1) is 0 Å². The first-order valence-corrected chi connectivity index (χ1v) is 10.3. The fourth-order valence-corrected chi connectivity index (χ4v) is 2.49. The minimum absolute atomic E-state index is 0.377. The Morgan fingerprint density at radius 3 is 1.54 bits per heavy atom. The first-order valence-electron chi connectivity index (χ1n) is 10.3. The summed E-state index contributed by atoms with van der Waals surface area (Å²) in [5, 5.41) is 27.5. The Labute approximate surface area is 160 Å². The van der Waals surface area contributed by atoms with Crippen molar-refractivity contribution in [2.45, 2.75) is 89.8 Å². The van der Waals surface area contributed by atoms with Gasteiger partial charge in [-0.15, -0.1) is 0 Å². The Bertz CT molecular complexity index is 396. The maximum Gasteiger partial charge on any atom is 0.103 e. The number of aliphatic hydroxyl groups excluding tert-OH is 3. The molecule has 26 heavy (non-hydrogen) atoms. The molecule has 2 atom stereocenters. The van der Waals surface area contributed by atoms with Gasteiger partial charge in [-0.25, -0.2) is 0 Å². The van der Waals surface area contributed by atoms with Gasteiger partial charge in [-0.05, 0) is 51.4 Å². The predicted octanol–water partition coefficient (Wildman–Crippen LogP) is 5.24. The molecule has 3 heteroatoms. The summed E-state index contributed by atoms with van der Waals surface area (Å²) in [6.45, 7) is 1.86. The third kappa shape index (κ3) is 17.7. The van der Waals surface area contributed by atoms with Crippen LogP contribution >= 0.6 is 0 Å². The Balaban J connectivity index is 3.46. The third-order valence-corrected chi connectivity index (χ3v) is 4.21. The molecule has 0 aromatic heterocycles. The summed E-state index contributed by atoms with van der Waals surface area (Å²) in [6.07, 6.45) is 27.3. The fourth-order valence-electron chi connectivity index (χ4n) is 2.49. The van der Waals surface area contributed by atoms with Gasteiger partial charge in [0.05, 0.1) is 12.7 Å². The highest BCUT2D eigenvalue weighted by atomic mass is 16.4. The lowest BCUT2D eigenvalue weighted by Crippen LogP contribution is -2.28.